The van der Waals surface area contributed by atoms with Crippen LogP contribution < -0.4 is 5.32 Å². The second-order valence-corrected chi connectivity index (χ2v) is 5.83. The summed E-state index contributed by atoms with van der Waals surface area (Å²) in [5.41, 5.74) is 0.970. The molecule has 0 amide bonds. The van der Waals surface area contributed by atoms with Crippen molar-refractivity contribution in [2.75, 3.05) is 5.88 Å². The molecule has 1 aromatic carbocycles. The summed E-state index contributed by atoms with van der Waals surface area (Å²) in [6.45, 7) is 0.703. The van der Waals surface area contributed by atoms with E-state index in [1.54, 1.807) is 6.07 Å². The third-order valence-corrected chi connectivity index (χ3v) is 4.20. The third kappa shape index (κ3) is 3.67. The van der Waals surface area contributed by atoms with Crippen molar-refractivity contribution in [1.29, 1.82) is 0 Å². The molecule has 0 saturated heterocycles. The van der Waals surface area contributed by atoms with Gasteiger partial charge in [-0.25, -0.2) is 4.39 Å². The monoisotopic (exact) mass is 319 g/mol. The number of hydrogen-bond donors (Lipinski definition) is 1. The molecule has 1 nitrogen and oxygen atoms in total. The molecule has 4 heteroatoms. The van der Waals surface area contributed by atoms with Crippen molar-refractivity contribution in [1.82, 2.24) is 5.32 Å². The first-order chi connectivity index (χ1) is 8.19. The van der Waals surface area contributed by atoms with E-state index in [0.29, 0.717) is 24.4 Å². The summed E-state index contributed by atoms with van der Waals surface area (Å²) in [6.07, 6.45) is 3.61. The van der Waals surface area contributed by atoms with Gasteiger partial charge in [-0.05, 0) is 42.5 Å². The zero-order valence-electron chi connectivity index (χ0n) is 9.56. The van der Waals surface area contributed by atoms with Crippen LogP contribution in [-0.4, -0.2) is 11.9 Å². The highest BCUT2D eigenvalue weighted by Gasteiger charge is 2.25. The van der Waals surface area contributed by atoms with Crippen LogP contribution in [0.1, 0.15) is 24.8 Å². The van der Waals surface area contributed by atoms with Gasteiger partial charge in [-0.1, -0.05) is 22.4 Å². The topological polar surface area (TPSA) is 12.0 Å². The van der Waals surface area contributed by atoms with Gasteiger partial charge in [0.2, 0.25) is 0 Å². The van der Waals surface area contributed by atoms with Gasteiger partial charge < -0.3 is 5.32 Å². The number of nitrogens with one attached hydrogen (secondary N) is 1. The standard InChI is InChI=1S/C13H16BrClFN/c14-11-4-9(5-12(16)6-11)8-17-13-3-1-2-10(13)7-15/h4-6,10,13,17H,1-3,7-8H2. The van der Waals surface area contributed by atoms with Crippen LogP contribution in [0.4, 0.5) is 4.39 Å². The normalized spacial score (nSPS) is 24.2. The molecule has 1 aliphatic carbocycles. The van der Waals surface area contributed by atoms with E-state index in [4.69, 9.17) is 11.6 Å². The molecule has 2 unspecified atom stereocenters. The van der Waals surface area contributed by atoms with Gasteiger partial charge in [0.1, 0.15) is 5.82 Å². The van der Waals surface area contributed by atoms with Gasteiger partial charge in [-0.2, -0.15) is 0 Å². The zero-order valence-corrected chi connectivity index (χ0v) is 11.9. The van der Waals surface area contributed by atoms with Crippen molar-refractivity contribution >= 4 is 27.5 Å². The van der Waals surface area contributed by atoms with Crippen LogP contribution >= 0.6 is 27.5 Å². The van der Waals surface area contributed by atoms with E-state index in [0.717, 1.165) is 10.0 Å². The second kappa shape index (κ2) is 6.17. The highest BCUT2D eigenvalue weighted by atomic mass is 79.9. The maximum absolute atomic E-state index is 13.2. The van der Waals surface area contributed by atoms with Crippen LogP contribution in [0.15, 0.2) is 22.7 Å². The average molecular weight is 321 g/mol. The summed E-state index contributed by atoms with van der Waals surface area (Å²) < 4.78 is 14.0. The Morgan fingerprint density at radius 2 is 2.18 bits per heavy atom. The van der Waals surface area contributed by atoms with Crippen molar-refractivity contribution < 1.29 is 4.39 Å². The summed E-state index contributed by atoms with van der Waals surface area (Å²) >= 11 is 9.23. The SMILES string of the molecule is Fc1cc(Br)cc(CNC2CCCC2CCl)c1. The number of rotatable bonds is 4. The van der Waals surface area contributed by atoms with Gasteiger partial charge in [-0.3, -0.25) is 0 Å². The molecule has 0 aromatic heterocycles. The molecule has 1 saturated carbocycles. The maximum atomic E-state index is 13.2. The van der Waals surface area contributed by atoms with Crippen LogP contribution in [0.3, 0.4) is 0 Å². The lowest BCUT2D eigenvalue weighted by Crippen LogP contribution is -2.32. The van der Waals surface area contributed by atoms with Gasteiger partial charge in [0, 0.05) is 22.9 Å². The molecular formula is C13H16BrClFN. The van der Waals surface area contributed by atoms with Crippen LogP contribution in [0.5, 0.6) is 0 Å². The minimum absolute atomic E-state index is 0.198. The van der Waals surface area contributed by atoms with Crippen molar-refractivity contribution in [3.8, 4) is 0 Å². The van der Waals surface area contributed by atoms with Crippen molar-refractivity contribution in [3.63, 3.8) is 0 Å². The Bertz CT molecular complexity index is 365. The van der Waals surface area contributed by atoms with E-state index >= 15 is 0 Å². The van der Waals surface area contributed by atoms with Gasteiger partial charge in [-0.15, -0.1) is 11.6 Å². The Balaban J connectivity index is 1.93. The van der Waals surface area contributed by atoms with Crippen LogP contribution in [-0.2, 0) is 6.54 Å². The second-order valence-electron chi connectivity index (χ2n) is 4.61. The molecule has 0 spiro atoms. The number of alkyl halides is 1. The number of benzene rings is 1. The lowest BCUT2D eigenvalue weighted by Gasteiger charge is -2.19. The summed E-state index contributed by atoms with van der Waals surface area (Å²) in [7, 11) is 0. The summed E-state index contributed by atoms with van der Waals surface area (Å²) in [4.78, 5) is 0. The quantitative estimate of drug-likeness (QED) is 0.824. The van der Waals surface area contributed by atoms with E-state index in [-0.39, 0.29) is 5.82 Å². The molecule has 1 fully saturated rings. The van der Waals surface area contributed by atoms with E-state index in [1.165, 1.54) is 25.3 Å². The van der Waals surface area contributed by atoms with Crippen LogP contribution in [0, 0.1) is 11.7 Å². The smallest absolute Gasteiger partial charge is 0.124 e. The predicted molar refractivity (Wildman–Crippen MR) is 72.8 cm³/mol. The maximum Gasteiger partial charge on any atom is 0.124 e. The van der Waals surface area contributed by atoms with Crippen LogP contribution in [0.2, 0.25) is 0 Å². The summed E-state index contributed by atoms with van der Waals surface area (Å²) in [5, 5.41) is 3.48. The zero-order chi connectivity index (χ0) is 12.3. The molecule has 94 valence electrons. The van der Waals surface area contributed by atoms with E-state index in [9.17, 15) is 4.39 Å². The number of hydrogen-bond acceptors (Lipinski definition) is 1. The van der Waals surface area contributed by atoms with Crippen molar-refractivity contribution in [3.05, 3.63) is 34.1 Å². The number of halogens is 3. The fourth-order valence-electron chi connectivity index (χ4n) is 2.45. The molecule has 17 heavy (non-hydrogen) atoms. The Hall–Kier alpha value is -0.120. The largest absolute Gasteiger partial charge is 0.310 e. The molecule has 1 aromatic rings. The molecule has 1 aliphatic rings. The Kier molecular flexibility index (Phi) is 4.83. The van der Waals surface area contributed by atoms with Crippen molar-refractivity contribution in [2.24, 2.45) is 5.92 Å². The molecule has 0 bridgehead atoms. The first kappa shape index (κ1) is 13.3. The first-order valence-electron chi connectivity index (χ1n) is 5.93. The van der Waals surface area contributed by atoms with Crippen LogP contribution in [0.25, 0.3) is 0 Å². The summed E-state index contributed by atoms with van der Waals surface area (Å²) in [6, 6.07) is 5.47. The lowest BCUT2D eigenvalue weighted by molar-refractivity contribution is 0.429. The molecule has 1 N–H and O–H groups in total. The fourth-order valence-corrected chi connectivity index (χ4v) is 3.33. The average Bonchev–Trinajstić information content (AvgIpc) is 2.72. The first-order valence-corrected chi connectivity index (χ1v) is 7.26. The fraction of sp³-hybridized carbons (Fsp3) is 0.538. The molecular weight excluding hydrogens is 305 g/mol. The van der Waals surface area contributed by atoms with E-state index < -0.39 is 0 Å². The Morgan fingerprint density at radius 3 is 2.88 bits per heavy atom. The van der Waals surface area contributed by atoms with Gasteiger partial charge in [0.05, 0.1) is 0 Å². The highest BCUT2D eigenvalue weighted by Crippen LogP contribution is 2.27. The van der Waals surface area contributed by atoms with Gasteiger partial charge >= 0.3 is 0 Å². The molecule has 2 atom stereocenters. The summed E-state index contributed by atoms with van der Waals surface area (Å²) in [5.74, 6) is 1.08. The highest BCUT2D eigenvalue weighted by molar-refractivity contribution is 9.10. The van der Waals surface area contributed by atoms with Gasteiger partial charge in [0.25, 0.3) is 0 Å². The lowest BCUT2D eigenvalue weighted by atomic mass is 10.1. The minimum atomic E-state index is -0.198. The molecule has 2 rings (SSSR count). The van der Waals surface area contributed by atoms with Gasteiger partial charge in [0.15, 0.2) is 0 Å². The molecule has 0 radical (unpaired) electrons. The predicted octanol–water partition coefficient (Wildman–Crippen LogP) is 4.09. The Morgan fingerprint density at radius 1 is 1.35 bits per heavy atom. The molecule has 0 heterocycles. The minimum Gasteiger partial charge on any atom is -0.310 e. The van der Waals surface area contributed by atoms with Crippen molar-refractivity contribution in [2.45, 2.75) is 31.8 Å². The van der Waals surface area contributed by atoms with E-state index in [1.807, 2.05) is 6.07 Å². The Labute approximate surface area is 115 Å². The third-order valence-electron chi connectivity index (χ3n) is 3.35. The van der Waals surface area contributed by atoms with E-state index in [2.05, 4.69) is 21.2 Å². The molecule has 0 aliphatic heterocycles.